The predicted molar refractivity (Wildman–Crippen MR) is 102 cm³/mol. The minimum Gasteiger partial charge on any atom is -0.507 e. The van der Waals surface area contributed by atoms with Crippen LogP contribution in [0.2, 0.25) is 0 Å². The molecule has 128 valence electrons. The van der Waals surface area contributed by atoms with Gasteiger partial charge in [-0.05, 0) is 36.4 Å². The van der Waals surface area contributed by atoms with E-state index in [0.717, 1.165) is 27.0 Å². The second kappa shape index (κ2) is 5.26. The molecule has 5 rings (SSSR count). The minimum absolute atomic E-state index is 0.0912. The van der Waals surface area contributed by atoms with Crippen molar-refractivity contribution < 1.29 is 13.5 Å². The van der Waals surface area contributed by atoms with Crippen molar-refractivity contribution in [3.63, 3.8) is 0 Å². The number of fused-ring (bicyclic) bond motifs is 3. The number of benzene rings is 2. The molecular formula is C18H11N3O3S2. The summed E-state index contributed by atoms with van der Waals surface area (Å²) in [4.78, 5) is 8.70. The minimum atomic E-state index is -3.63. The van der Waals surface area contributed by atoms with Gasteiger partial charge in [-0.15, -0.1) is 11.3 Å². The quantitative estimate of drug-likeness (QED) is 0.540. The van der Waals surface area contributed by atoms with Crippen LogP contribution < -0.4 is 5.32 Å². The van der Waals surface area contributed by atoms with Gasteiger partial charge in [0.05, 0.1) is 31.5 Å². The number of nitrogens with one attached hydrogen (secondary N) is 1. The molecule has 1 aliphatic rings. The van der Waals surface area contributed by atoms with Gasteiger partial charge in [0.1, 0.15) is 5.76 Å². The highest BCUT2D eigenvalue weighted by Gasteiger charge is 2.28. The largest absolute Gasteiger partial charge is 0.507 e. The fourth-order valence-corrected chi connectivity index (χ4v) is 5.04. The zero-order chi connectivity index (χ0) is 17.9. The molecule has 0 unspecified atom stereocenters. The molecule has 3 heterocycles. The number of pyridine rings is 1. The summed E-state index contributed by atoms with van der Waals surface area (Å²) in [6.45, 7) is 0. The van der Waals surface area contributed by atoms with Crippen LogP contribution >= 0.6 is 11.3 Å². The molecule has 0 fully saturated rings. The Balaban J connectivity index is 1.67. The number of hydrogen-bond acceptors (Lipinski definition) is 7. The summed E-state index contributed by atoms with van der Waals surface area (Å²) >= 11 is 1.57. The van der Waals surface area contributed by atoms with Crippen molar-refractivity contribution in [3.05, 3.63) is 59.1 Å². The van der Waals surface area contributed by atoms with Crippen molar-refractivity contribution in [2.45, 2.75) is 4.90 Å². The maximum Gasteiger partial charge on any atom is 0.204 e. The van der Waals surface area contributed by atoms with Crippen molar-refractivity contribution in [2.75, 3.05) is 5.32 Å². The second-order valence-corrected chi connectivity index (χ2v) is 8.58. The number of sulfone groups is 1. The molecule has 2 aromatic carbocycles. The van der Waals surface area contributed by atoms with E-state index in [4.69, 9.17) is 0 Å². The molecule has 0 spiro atoms. The molecule has 0 aliphatic carbocycles. The van der Waals surface area contributed by atoms with E-state index in [0.29, 0.717) is 10.9 Å². The van der Waals surface area contributed by atoms with Crippen LogP contribution in [-0.4, -0.2) is 23.5 Å². The van der Waals surface area contributed by atoms with E-state index in [1.807, 2.05) is 18.2 Å². The van der Waals surface area contributed by atoms with Crippen molar-refractivity contribution in [2.24, 2.45) is 0 Å². The zero-order valence-electron chi connectivity index (χ0n) is 13.2. The number of nitrogens with zero attached hydrogens (tertiary/aromatic N) is 2. The van der Waals surface area contributed by atoms with Crippen molar-refractivity contribution in [1.82, 2.24) is 9.97 Å². The first-order chi connectivity index (χ1) is 12.5. The second-order valence-electron chi connectivity index (χ2n) is 5.93. The van der Waals surface area contributed by atoms with E-state index in [1.165, 1.54) is 0 Å². The topological polar surface area (TPSA) is 92.2 Å². The first kappa shape index (κ1) is 15.3. The first-order valence-electron chi connectivity index (χ1n) is 7.70. The molecular weight excluding hydrogens is 370 g/mol. The van der Waals surface area contributed by atoms with Gasteiger partial charge in [-0.25, -0.2) is 13.4 Å². The van der Waals surface area contributed by atoms with Crippen LogP contribution in [0.25, 0.3) is 26.9 Å². The van der Waals surface area contributed by atoms with Gasteiger partial charge in [-0.3, -0.25) is 4.98 Å². The van der Waals surface area contributed by atoms with Crippen LogP contribution in [0.5, 0.6) is 0 Å². The Morgan fingerprint density at radius 2 is 1.92 bits per heavy atom. The highest BCUT2D eigenvalue weighted by Crippen LogP contribution is 2.37. The van der Waals surface area contributed by atoms with E-state index >= 15 is 0 Å². The third-order valence-corrected chi connectivity index (χ3v) is 6.60. The maximum atomic E-state index is 12.2. The lowest BCUT2D eigenvalue weighted by Gasteiger charge is -2.11. The number of aliphatic hydroxyl groups is 1. The molecule has 6 nitrogen and oxygen atoms in total. The SMILES string of the molecule is O=S1(=O)C=C(O)c2cc3nccc(Nc4ccc5scnc5c4)c3cc21. The average molecular weight is 381 g/mol. The van der Waals surface area contributed by atoms with Gasteiger partial charge in [0.15, 0.2) is 0 Å². The number of anilines is 2. The number of hydrogen-bond donors (Lipinski definition) is 2. The Labute approximate surface area is 152 Å². The first-order valence-corrected chi connectivity index (χ1v) is 10.1. The molecule has 0 saturated heterocycles. The van der Waals surface area contributed by atoms with Gasteiger partial charge >= 0.3 is 0 Å². The molecule has 0 bridgehead atoms. The number of aromatic nitrogens is 2. The molecule has 26 heavy (non-hydrogen) atoms. The zero-order valence-corrected chi connectivity index (χ0v) is 14.8. The third-order valence-electron chi connectivity index (χ3n) is 4.30. The lowest BCUT2D eigenvalue weighted by Crippen LogP contribution is -1.97. The standard InChI is InChI=1S/C18H11N3O3S2/c22-16-8-26(23,24)18-7-11-13(3-4-19-14(11)6-12(16)18)21-10-1-2-17-15(5-10)20-9-25-17/h1-9,22H,(H,19,21). The van der Waals surface area contributed by atoms with Gasteiger partial charge in [-0.2, -0.15) is 0 Å². The molecule has 2 aromatic heterocycles. The van der Waals surface area contributed by atoms with Crippen LogP contribution in [-0.2, 0) is 9.84 Å². The molecule has 1 aliphatic heterocycles. The fourth-order valence-electron chi connectivity index (χ4n) is 3.08. The number of rotatable bonds is 2. The van der Waals surface area contributed by atoms with Crippen LogP contribution in [0, 0.1) is 0 Å². The lowest BCUT2D eigenvalue weighted by molar-refractivity contribution is 0.512. The highest BCUT2D eigenvalue weighted by atomic mass is 32.2. The molecule has 8 heteroatoms. The molecule has 2 N–H and O–H groups in total. The summed E-state index contributed by atoms with van der Waals surface area (Å²) in [7, 11) is -3.63. The Morgan fingerprint density at radius 3 is 2.81 bits per heavy atom. The summed E-state index contributed by atoms with van der Waals surface area (Å²) in [5, 5.41) is 14.7. The molecule has 0 atom stereocenters. The van der Waals surface area contributed by atoms with Crippen LogP contribution in [0.1, 0.15) is 5.56 Å². The summed E-state index contributed by atoms with van der Waals surface area (Å²) < 4.78 is 25.5. The van der Waals surface area contributed by atoms with Gasteiger partial charge in [0, 0.05) is 28.5 Å². The summed E-state index contributed by atoms with van der Waals surface area (Å²) in [6.07, 6.45) is 1.64. The van der Waals surface area contributed by atoms with Crippen molar-refractivity contribution in [3.8, 4) is 0 Å². The Hall–Kier alpha value is -2.97. The highest BCUT2D eigenvalue weighted by molar-refractivity contribution is 7.94. The molecule has 0 amide bonds. The molecule has 0 saturated carbocycles. The Kier molecular flexibility index (Phi) is 3.10. The molecule has 4 aromatic rings. The normalized spacial score (nSPS) is 15.2. The maximum absolute atomic E-state index is 12.2. The lowest BCUT2D eigenvalue weighted by atomic mass is 10.1. The fraction of sp³-hybridized carbons (Fsp3) is 0. The molecule has 0 radical (unpaired) electrons. The van der Waals surface area contributed by atoms with Crippen LogP contribution in [0.4, 0.5) is 11.4 Å². The van der Waals surface area contributed by atoms with Gasteiger partial charge in [0.25, 0.3) is 0 Å². The number of thiazole rings is 1. The smallest absolute Gasteiger partial charge is 0.204 e. The Bertz CT molecular complexity index is 1340. The summed E-state index contributed by atoms with van der Waals surface area (Å²) in [5.41, 5.74) is 5.15. The van der Waals surface area contributed by atoms with E-state index in [-0.39, 0.29) is 16.2 Å². The number of aliphatic hydroxyl groups excluding tert-OH is 1. The van der Waals surface area contributed by atoms with E-state index in [9.17, 15) is 13.5 Å². The van der Waals surface area contributed by atoms with Gasteiger partial charge < -0.3 is 10.4 Å². The van der Waals surface area contributed by atoms with E-state index in [1.54, 1.807) is 41.2 Å². The third kappa shape index (κ3) is 2.27. The van der Waals surface area contributed by atoms with Crippen LogP contribution in [0.3, 0.4) is 0 Å². The van der Waals surface area contributed by atoms with E-state index in [2.05, 4.69) is 15.3 Å². The predicted octanol–water partition coefficient (Wildman–Crippen LogP) is 4.23. The van der Waals surface area contributed by atoms with Gasteiger partial charge in [0.2, 0.25) is 9.84 Å². The van der Waals surface area contributed by atoms with Crippen molar-refractivity contribution >= 4 is 59.4 Å². The van der Waals surface area contributed by atoms with E-state index < -0.39 is 9.84 Å². The van der Waals surface area contributed by atoms with Gasteiger partial charge in [-0.1, -0.05) is 0 Å². The average Bonchev–Trinajstić information content (AvgIpc) is 3.16. The monoisotopic (exact) mass is 381 g/mol. The summed E-state index contributed by atoms with van der Waals surface area (Å²) in [6, 6.07) is 10.8. The Morgan fingerprint density at radius 1 is 1.04 bits per heavy atom. The van der Waals surface area contributed by atoms with Crippen molar-refractivity contribution in [1.29, 1.82) is 0 Å². The summed E-state index contributed by atoms with van der Waals surface area (Å²) in [5.74, 6) is -0.254. The van der Waals surface area contributed by atoms with Crippen LogP contribution in [0.15, 0.2) is 58.4 Å².